The molecule has 0 saturated heterocycles. The molecule has 0 unspecified atom stereocenters. The minimum Gasteiger partial charge on any atom is -0.357 e. The first-order valence-corrected chi connectivity index (χ1v) is 8.73. The van der Waals surface area contributed by atoms with Crippen molar-refractivity contribution in [3.05, 3.63) is 76.9 Å². The number of nitrogens with one attached hydrogen (secondary N) is 2. The standard InChI is InChI=1S/C20H21ClN4/c1-2-22-20(24-13-15-6-3-10-18(21)12-15)25-14-17-8-4-7-16-9-5-11-23-19(16)17/h3-12H,2,13-14H2,1H3,(H2,22,24,25). The van der Waals surface area contributed by atoms with E-state index in [0.29, 0.717) is 13.1 Å². The molecule has 0 spiro atoms. The van der Waals surface area contributed by atoms with Crippen LogP contribution >= 0.6 is 11.6 Å². The minimum atomic E-state index is 0.573. The van der Waals surface area contributed by atoms with Crippen LogP contribution in [0, 0.1) is 0 Å². The summed E-state index contributed by atoms with van der Waals surface area (Å²) in [4.78, 5) is 9.13. The third kappa shape index (κ3) is 4.70. The largest absolute Gasteiger partial charge is 0.357 e. The van der Waals surface area contributed by atoms with Crippen molar-refractivity contribution in [3.8, 4) is 0 Å². The lowest BCUT2D eigenvalue weighted by atomic mass is 10.1. The van der Waals surface area contributed by atoms with E-state index in [-0.39, 0.29) is 0 Å². The van der Waals surface area contributed by atoms with Crippen molar-refractivity contribution in [1.29, 1.82) is 0 Å². The molecule has 0 radical (unpaired) electrons. The Morgan fingerprint density at radius 3 is 2.76 bits per heavy atom. The van der Waals surface area contributed by atoms with Crippen molar-refractivity contribution in [2.24, 2.45) is 4.99 Å². The van der Waals surface area contributed by atoms with Crippen molar-refractivity contribution in [1.82, 2.24) is 15.6 Å². The summed E-state index contributed by atoms with van der Waals surface area (Å²) in [6.45, 7) is 4.09. The van der Waals surface area contributed by atoms with E-state index in [1.165, 1.54) is 0 Å². The van der Waals surface area contributed by atoms with Crippen LogP contribution in [0.1, 0.15) is 18.1 Å². The lowest BCUT2D eigenvalue weighted by Gasteiger charge is -2.12. The number of rotatable bonds is 5. The Morgan fingerprint density at radius 2 is 1.92 bits per heavy atom. The highest BCUT2D eigenvalue weighted by Gasteiger charge is 2.03. The summed E-state index contributed by atoms with van der Waals surface area (Å²) in [7, 11) is 0. The van der Waals surface area contributed by atoms with Crippen LogP contribution in [0.4, 0.5) is 0 Å². The van der Waals surface area contributed by atoms with Gasteiger partial charge in [-0.3, -0.25) is 4.98 Å². The second-order valence-corrected chi connectivity index (χ2v) is 6.11. The molecule has 4 nitrogen and oxygen atoms in total. The van der Waals surface area contributed by atoms with Gasteiger partial charge in [0.15, 0.2) is 5.96 Å². The molecule has 2 N–H and O–H groups in total. The third-order valence-corrected chi connectivity index (χ3v) is 4.05. The Hall–Kier alpha value is -2.59. The van der Waals surface area contributed by atoms with Crippen LogP contribution in [-0.2, 0) is 13.1 Å². The Balaban J connectivity index is 1.72. The Kier molecular flexibility index (Phi) is 5.86. The molecule has 0 fully saturated rings. The highest BCUT2D eigenvalue weighted by atomic mass is 35.5. The van der Waals surface area contributed by atoms with Gasteiger partial charge in [-0.25, -0.2) is 4.99 Å². The number of guanidine groups is 1. The number of nitrogens with zero attached hydrogens (tertiary/aromatic N) is 2. The van der Waals surface area contributed by atoms with E-state index in [1.807, 2.05) is 36.5 Å². The van der Waals surface area contributed by atoms with Crippen LogP contribution in [0.3, 0.4) is 0 Å². The van der Waals surface area contributed by atoms with Gasteiger partial charge in [-0.1, -0.05) is 48.0 Å². The fourth-order valence-electron chi connectivity index (χ4n) is 2.64. The quantitative estimate of drug-likeness (QED) is 0.536. The van der Waals surface area contributed by atoms with Gasteiger partial charge < -0.3 is 10.6 Å². The number of halogens is 1. The first-order valence-electron chi connectivity index (χ1n) is 8.35. The van der Waals surface area contributed by atoms with Gasteiger partial charge in [0.2, 0.25) is 0 Å². The molecule has 3 aromatic rings. The van der Waals surface area contributed by atoms with E-state index in [4.69, 9.17) is 11.6 Å². The molecule has 2 aromatic carbocycles. The number of aromatic nitrogens is 1. The molecule has 3 rings (SSSR count). The lowest BCUT2D eigenvalue weighted by Crippen LogP contribution is -2.36. The molecule has 0 aliphatic carbocycles. The highest BCUT2D eigenvalue weighted by molar-refractivity contribution is 6.30. The fraction of sp³-hybridized carbons (Fsp3) is 0.200. The van der Waals surface area contributed by atoms with E-state index >= 15 is 0 Å². The monoisotopic (exact) mass is 352 g/mol. The average molecular weight is 353 g/mol. The molecule has 1 heterocycles. The van der Waals surface area contributed by atoms with Crippen LogP contribution in [0.5, 0.6) is 0 Å². The normalized spacial score (nSPS) is 11.5. The molecule has 0 atom stereocenters. The van der Waals surface area contributed by atoms with Crippen LogP contribution in [0.2, 0.25) is 5.02 Å². The van der Waals surface area contributed by atoms with Crippen LogP contribution in [-0.4, -0.2) is 17.5 Å². The van der Waals surface area contributed by atoms with Crippen molar-refractivity contribution >= 4 is 28.5 Å². The number of aliphatic imine (C=N–C) groups is 1. The first kappa shape index (κ1) is 17.2. The summed E-state index contributed by atoms with van der Waals surface area (Å²) in [5.41, 5.74) is 3.24. The van der Waals surface area contributed by atoms with Crippen LogP contribution < -0.4 is 10.6 Å². The van der Waals surface area contributed by atoms with E-state index in [0.717, 1.165) is 39.6 Å². The second kappa shape index (κ2) is 8.49. The van der Waals surface area contributed by atoms with E-state index < -0.39 is 0 Å². The predicted molar refractivity (Wildman–Crippen MR) is 105 cm³/mol. The molecular weight excluding hydrogens is 332 g/mol. The van der Waals surface area contributed by atoms with Crippen molar-refractivity contribution in [2.45, 2.75) is 20.0 Å². The van der Waals surface area contributed by atoms with E-state index in [9.17, 15) is 0 Å². The number of hydrogen-bond donors (Lipinski definition) is 2. The summed E-state index contributed by atoms with van der Waals surface area (Å²) in [6, 6.07) is 18.0. The molecule has 0 saturated carbocycles. The molecule has 128 valence electrons. The molecule has 0 aliphatic heterocycles. The number of pyridine rings is 1. The minimum absolute atomic E-state index is 0.573. The highest BCUT2D eigenvalue weighted by Crippen LogP contribution is 2.15. The molecule has 0 amide bonds. The molecule has 0 bridgehead atoms. The fourth-order valence-corrected chi connectivity index (χ4v) is 2.85. The summed E-state index contributed by atoms with van der Waals surface area (Å²) < 4.78 is 0. The van der Waals surface area contributed by atoms with Crippen molar-refractivity contribution in [2.75, 3.05) is 6.54 Å². The van der Waals surface area contributed by atoms with Gasteiger partial charge in [-0.15, -0.1) is 0 Å². The van der Waals surface area contributed by atoms with Gasteiger partial charge in [0.1, 0.15) is 0 Å². The maximum Gasteiger partial charge on any atom is 0.191 e. The number of hydrogen-bond acceptors (Lipinski definition) is 2. The summed E-state index contributed by atoms with van der Waals surface area (Å²) in [5, 5.41) is 8.52. The zero-order valence-corrected chi connectivity index (χ0v) is 14.9. The Bertz CT molecular complexity index is 871. The number of benzene rings is 2. The zero-order valence-electron chi connectivity index (χ0n) is 14.2. The molecule has 0 aliphatic rings. The van der Waals surface area contributed by atoms with Gasteiger partial charge >= 0.3 is 0 Å². The second-order valence-electron chi connectivity index (χ2n) is 5.67. The summed E-state index contributed by atoms with van der Waals surface area (Å²) in [5.74, 6) is 0.774. The van der Waals surface area contributed by atoms with Gasteiger partial charge in [-0.05, 0) is 36.2 Å². The van der Waals surface area contributed by atoms with Crippen LogP contribution in [0.25, 0.3) is 10.9 Å². The third-order valence-electron chi connectivity index (χ3n) is 3.82. The van der Waals surface area contributed by atoms with Gasteiger partial charge in [0.25, 0.3) is 0 Å². The van der Waals surface area contributed by atoms with E-state index in [1.54, 1.807) is 0 Å². The van der Waals surface area contributed by atoms with Crippen molar-refractivity contribution in [3.63, 3.8) is 0 Å². The van der Waals surface area contributed by atoms with Crippen molar-refractivity contribution < 1.29 is 0 Å². The SMILES string of the molecule is CCNC(=NCc1cccc(Cl)c1)NCc1cccc2cccnc12. The molecule has 25 heavy (non-hydrogen) atoms. The zero-order chi connectivity index (χ0) is 17.5. The van der Waals surface area contributed by atoms with Crippen LogP contribution in [0.15, 0.2) is 65.8 Å². The van der Waals surface area contributed by atoms with Gasteiger partial charge in [0.05, 0.1) is 12.1 Å². The first-order chi connectivity index (χ1) is 12.3. The maximum atomic E-state index is 6.03. The Morgan fingerprint density at radius 1 is 1.08 bits per heavy atom. The Labute approximate surface area is 153 Å². The summed E-state index contributed by atoms with van der Waals surface area (Å²) in [6.07, 6.45) is 1.82. The molecule has 5 heteroatoms. The van der Waals surface area contributed by atoms with E-state index in [2.05, 4.69) is 51.8 Å². The topological polar surface area (TPSA) is 49.3 Å². The predicted octanol–water partition coefficient (Wildman–Crippen LogP) is 4.14. The molecular formula is C20H21ClN4. The molecule has 1 aromatic heterocycles. The van der Waals surface area contributed by atoms with Gasteiger partial charge in [-0.2, -0.15) is 0 Å². The number of fused-ring (bicyclic) bond motifs is 1. The number of para-hydroxylation sites is 1. The smallest absolute Gasteiger partial charge is 0.191 e. The average Bonchev–Trinajstić information content (AvgIpc) is 2.64. The lowest BCUT2D eigenvalue weighted by molar-refractivity contribution is 0.818. The summed E-state index contributed by atoms with van der Waals surface area (Å²) >= 11 is 6.03. The maximum absolute atomic E-state index is 6.03. The van der Waals surface area contributed by atoms with Gasteiger partial charge in [0, 0.05) is 29.7 Å².